The van der Waals surface area contributed by atoms with E-state index in [1.807, 2.05) is 37.3 Å². The first-order chi connectivity index (χ1) is 13.1. The van der Waals surface area contributed by atoms with Gasteiger partial charge in [-0.2, -0.15) is 0 Å². The summed E-state index contributed by atoms with van der Waals surface area (Å²) < 4.78 is 5.60. The molecule has 0 spiro atoms. The van der Waals surface area contributed by atoms with Crippen molar-refractivity contribution in [2.75, 3.05) is 0 Å². The molecule has 5 heteroatoms. The zero-order valence-corrected chi connectivity index (χ0v) is 15.5. The Balaban J connectivity index is 1.60. The molecule has 5 nitrogen and oxygen atoms in total. The van der Waals surface area contributed by atoms with Crippen molar-refractivity contribution in [3.05, 3.63) is 53.6 Å². The molecule has 0 unspecified atom stereocenters. The highest BCUT2D eigenvalue weighted by atomic mass is 16.3. The fourth-order valence-electron chi connectivity index (χ4n) is 3.93. The summed E-state index contributed by atoms with van der Waals surface area (Å²) in [5.41, 5.74) is 3.38. The Morgan fingerprint density at radius 2 is 1.74 bits per heavy atom. The van der Waals surface area contributed by atoms with Gasteiger partial charge in [-0.25, -0.2) is 4.79 Å². The first-order valence-corrected chi connectivity index (χ1v) is 9.64. The Bertz CT molecular complexity index is 871. The molecule has 4 rings (SSSR count). The summed E-state index contributed by atoms with van der Waals surface area (Å²) in [5.74, 6) is 0.323. The molecule has 3 amide bonds. The SMILES string of the molecule is Cc1ccc(-c2ccoc2C=C2NC(=O)N(C3CCCCCC3)C2=O)cc1. The molecule has 1 saturated heterocycles. The van der Waals surface area contributed by atoms with E-state index in [1.54, 1.807) is 12.3 Å². The minimum atomic E-state index is -0.318. The van der Waals surface area contributed by atoms with Crippen molar-refractivity contribution in [2.45, 2.75) is 51.5 Å². The number of carbonyl (C=O) groups is 2. The van der Waals surface area contributed by atoms with Gasteiger partial charge in [-0.1, -0.05) is 55.5 Å². The number of nitrogens with one attached hydrogen (secondary N) is 1. The van der Waals surface area contributed by atoms with Crippen molar-refractivity contribution < 1.29 is 14.0 Å². The van der Waals surface area contributed by atoms with Crippen LogP contribution in [0.15, 0.2) is 46.7 Å². The number of furan rings is 1. The van der Waals surface area contributed by atoms with Gasteiger partial charge in [0.15, 0.2) is 0 Å². The van der Waals surface area contributed by atoms with Gasteiger partial charge in [0.2, 0.25) is 0 Å². The maximum Gasteiger partial charge on any atom is 0.329 e. The summed E-state index contributed by atoms with van der Waals surface area (Å²) in [6, 6.07) is 9.68. The van der Waals surface area contributed by atoms with Gasteiger partial charge in [-0.3, -0.25) is 9.69 Å². The molecule has 1 aliphatic heterocycles. The van der Waals surface area contributed by atoms with E-state index in [4.69, 9.17) is 4.42 Å². The van der Waals surface area contributed by atoms with Gasteiger partial charge in [0.05, 0.1) is 6.26 Å². The fraction of sp³-hybridized carbons (Fsp3) is 0.364. The second kappa shape index (κ2) is 7.43. The standard InChI is InChI=1S/C22H24N2O3/c1-15-8-10-16(11-9-15)18-12-13-27-20(18)14-19-21(25)24(22(26)23-19)17-6-4-2-3-5-7-17/h8-14,17H,2-7H2,1H3,(H,23,26). The van der Waals surface area contributed by atoms with Crippen LogP contribution in [0.1, 0.15) is 49.8 Å². The highest BCUT2D eigenvalue weighted by Crippen LogP contribution is 2.29. The van der Waals surface area contributed by atoms with Crippen LogP contribution in [0, 0.1) is 6.92 Å². The third kappa shape index (κ3) is 3.54. The third-order valence-corrected chi connectivity index (χ3v) is 5.43. The molecule has 1 aliphatic carbocycles. The molecular formula is C22H24N2O3. The topological polar surface area (TPSA) is 62.6 Å². The van der Waals surface area contributed by atoms with E-state index in [-0.39, 0.29) is 23.7 Å². The molecule has 1 N–H and O–H groups in total. The van der Waals surface area contributed by atoms with Crippen molar-refractivity contribution in [3.63, 3.8) is 0 Å². The fourth-order valence-corrected chi connectivity index (χ4v) is 3.93. The molecule has 2 heterocycles. The predicted molar refractivity (Wildman–Crippen MR) is 104 cm³/mol. The smallest absolute Gasteiger partial charge is 0.329 e. The van der Waals surface area contributed by atoms with Crippen LogP contribution in [0.25, 0.3) is 17.2 Å². The van der Waals surface area contributed by atoms with E-state index in [0.717, 1.165) is 36.8 Å². The van der Waals surface area contributed by atoms with Crippen molar-refractivity contribution in [3.8, 4) is 11.1 Å². The van der Waals surface area contributed by atoms with Gasteiger partial charge in [0, 0.05) is 17.7 Å². The number of hydrogen-bond acceptors (Lipinski definition) is 3. The van der Waals surface area contributed by atoms with Crippen LogP contribution in [0.2, 0.25) is 0 Å². The van der Waals surface area contributed by atoms with E-state index < -0.39 is 0 Å². The van der Waals surface area contributed by atoms with Gasteiger partial charge < -0.3 is 9.73 Å². The van der Waals surface area contributed by atoms with Gasteiger partial charge in [-0.05, 0) is 31.4 Å². The largest absolute Gasteiger partial charge is 0.464 e. The average Bonchev–Trinajstić information content (AvgIpc) is 3.10. The quantitative estimate of drug-likeness (QED) is 0.480. The lowest BCUT2D eigenvalue weighted by molar-refractivity contribution is -0.124. The molecule has 0 radical (unpaired) electrons. The van der Waals surface area contributed by atoms with Crippen molar-refractivity contribution in [1.82, 2.24) is 10.2 Å². The molecule has 1 aromatic carbocycles. The van der Waals surface area contributed by atoms with E-state index >= 15 is 0 Å². The maximum atomic E-state index is 12.9. The lowest BCUT2D eigenvalue weighted by Gasteiger charge is -2.23. The Morgan fingerprint density at radius 1 is 1.04 bits per heavy atom. The second-order valence-corrected chi connectivity index (χ2v) is 7.37. The van der Waals surface area contributed by atoms with Crippen molar-refractivity contribution in [1.29, 1.82) is 0 Å². The lowest BCUT2D eigenvalue weighted by atomic mass is 10.0. The van der Waals surface area contributed by atoms with E-state index in [0.29, 0.717) is 5.76 Å². The number of carbonyl (C=O) groups excluding carboxylic acids is 2. The summed E-state index contributed by atoms with van der Waals surface area (Å²) >= 11 is 0. The van der Waals surface area contributed by atoms with Crippen LogP contribution < -0.4 is 5.32 Å². The average molecular weight is 364 g/mol. The molecule has 1 saturated carbocycles. The molecule has 2 fully saturated rings. The Hall–Kier alpha value is -2.82. The molecule has 140 valence electrons. The minimum absolute atomic E-state index is 0.000861. The number of benzene rings is 1. The molecule has 1 aromatic heterocycles. The first kappa shape index (κ1) is 17.6. The monoisotopic (exact) mass is 364 g/mol. The zero-order valence-electron chi connectivity index (χ0n) is 15.5. The van der Waals surface area contributed by atoms with Crippen molar-refractivity contribution in [2.24, 2.45) is 0 Å². The summed E-state index contributed by atoms with van der Waals surface area (Å²) in [4.78, 5) is 26.7. The summed E-state index contributed by atoms with van der Waals surface area (Å²) in [7, 11) is 0. The Morgan fingerprint density at radius 3 is 2.44 bits per heavy atom. The van der Waals surface area contributed by atoms with Gasteiger partial charge in [0.1, 0.15) is 11.5 Å². The first-order valence-electron chi connectivity index (χ1n) is 9.64. The minimum Gasteiger partial charge on any atom is -0.464 e. The Kier molecular flexibility index (Phi) is 4.84. The summed E-state index contributed by atoms with van der Waals surface area (Å²) in [6.45, 7) is 2.04. The van der Waals surface area contributed by atoms with E-state index in [1.165, 1.54) is 23.3 Å². The number of nitrogens with zero attached hydrogens (tertiary/aromatic N) is 1. The predicted octanol–water partition coefficient (Wildman–Crippen LogP) is 4.87. The molecule has 2 aromatic rings. The maximum absolute atomic E-state index is 12.9. The summed E-state index contributed by atoms with van der Waals surface area (Å²) in [5, 5.41) is 2.74. The highest BCUT2D eigenvalue weighted by Gasteiger charge is 2.38. The molecule has 2 aliphatic rings. The molecule has 0 bridgehead atoms. The molecule has 27 heavy (non-hydrogen) atoms. The van der Waals surface area contributed by atoms with Gasteiger partial charge in [0.25, 0.3) is 5.91 Å². The van der Waals surface area contributed by atoms with Crippen LogP contribution in [0.4, 0.5) is 4.79 Å². The van der Waals surface area contributed by atoms with Gasteiger partial charge >= 0.3 is 6.03 Å². The van der Waals surface area contributed by atoms with Crippen molar-refractivity contribution >= 4 is 18.0 Å². The number of hydrogen-bond donors (Lipinski definition) is 1. The normalized spacial score (nSPS) is 20.2. The second-order valence-electron chi connectivity index (χ2n) is 7.37. The number of imide groups is 1. The molecular weight excluding hydrogens is 340 g/mol. The third-order valence-electron chi connectivity index (χ3n) is 5.43. The number of aryl methyl sites for hydroxylation is 1. The van der Waals surface area contributed by atoms with Crippen LogP contribution in [0.3, 0.4) is 0 Å². The van der Waals surface area contributed by atoms with Crippen LogP contribution >= 0.6 is 0 Å². The molecule has 0 atom stereocenters. The van der Waals surface area contributed by atoms with Gasteiger partial charge in [-0.15, -0.1) is 0 Å². The number of rotatable bonds is 3. The number of urea groups is 1. The number of amides is 3. The summed E-state index contributed by atoms with van der Waals surface area (Å²) in [6.07, 6.45) is 9.51. The zero-order chi connectivity index (χ0) is 18.8. The van der Waals surface area contributed by atoms with E-state index in [2.05, 4.69) is 5.32 Å². The van der Waals surface area contributed by atoms with Crippen LogP contribution in [-0.4, -0.2) is 22.9 Å². The highest BCUT2D eigenvalue weighted by molar-refractivity contribution is 6.14. The Labute approximate surface area is 159 Å². The lowest BCUT2D eigenvalue weighted by Crippen LogP contribution is -2.40. The van der Waals surface area contributed by atoms with Crippen LogP contribution in [0.5, 0.6) is 0 Å². The van der Waals surface area contributed by atoms with Crippen LogP contribution in [-0.2, 0) is 4.79 Å². The van der Waals surface area contributed by atoms with E-state index in [9.17, 15) is 9.59 Å².